The van der Waals surface area contributed by atoms with Gasteiger partial charge in [-0.15, -0.1) is 0 Å². The number of hydrogen-bond donors (Lipinski definition) is 1. The van der Waals surface area contributed by atoms with E-state index in [1.54, 1.807) is 0 Å². The molecular weight excluding hydrogens is 307 g/mol. The van der Waals surface area contributed by atoms with Gasteiger partial charge in [-0.25, -0.2) is 9.97 Å². The first-order chi connectivity index (χ1) is 8.71. The molecule has 0 spiro atoms. The number of rotatable bonds is 1. The van der Waals surface area contributed by atoms with Gasteiger partial charge in [0.1, 0.15) is 10.8 Å². The van der Waals surface area contributed by atoms with Crippen LogP contribution in [0, 0.1) is 0 Å². The average Bonchev–Trinajstić information content (AvgIpc) is 2.65. The summed E-state index contributed by atoms with van der Waals surface area (Å²) in [5.74, 6) is 0.556. The van der Waals surface area contributed by atoms with Gasteiger partial charge < -0.3 is 10.3 Å². The summed E-state index contributed by atoms with van der Waals surface area (Å²) in [5.41, 5.74) is 7.13. The van der Waals surface area contributed by atoms with Crippen LogP contribution in [0.15, 0.2) is 12.3 Å². The van der Waals surface area contributed by atoms with Crippen LogP contribution in [0.3, 0.4) is 0 Å². The third-order valence-electron chi connectivity index (χ3n) is 2.69. The fourth-order valence-corrected chi connectivity index (χ4v) is 2.37. The Hall–Kier alpha value is -0.970. The number of nitrogens with zero attached hydrogens (tertiary/aromatic N) is 3. The molecule has 0 radical (unpaired) electrons. The molecule has 2 aromatic rings. The van der Waals surface area contributed by atoms with E-state index in [9.17, 15) is 0 Å². The van der Waals surface area contributed by atoms with E-state index in [-0.39, 0.29) is 21.0 Å². The van der Waals surface area contributed by atoms with Crippen molar-refractivity contribution in [2.24, 2.45) is 0 Å². The lowest BCUT2D eigenvalue weighted by atomic mass is 10.1. The molecule has 0 aliphatic carbocycles. The van der Waals surface area contributed by atoms with Crippen LogP contribution in [0.1, 0.15) is 20.8 Å². The van der Waals surface area contributed by atoms with Crippen LogP contribution in [-0.2, 0) is 5.54 Å². The molecule has 2 rings (SSSR count). The summed E-state index contributed by atoms with van der Waals surface area (Å²) < 4.78 is 1.93. The highest BCUT2D eigenvalue weighted by Crippen LogP contribution is 2.37. The van der Waals surface area contributed by atoms with Gasteiger partial charge in [-0.2, -0.15) is 0 Å². The standard InChI is InChI=1S/C12H13Cl3N4/c1-12(2,3)19-5-4-6(10(19)16)8-7(13)9(14)18-11(15)17-8/h4-5H,16H2,1-3H3. The molecule has 0 unspecified atom stereocenters. The van der Waals surface area contributed by atoms with Crippen LogP contribution in [-0.4, -0.2) is 14.5 Å². The molecule has 0 aliphatic heterocycles. The van der Waals surface area contributed by atoms with E-state index in [4.69, 9.17) is 40.5 Å². The predicted molar refractivity (Wildman–Crippen MR) is 79.9 cm³/mol. The van der Waals surface area contributed by atoms with E-state index in [1.165, 1.54) is 0 Å². The second kappa shape index (κ2) is 4.85. The molecule has 2 N–H and O–H groups in total. The fourth-order valence-electron chi connectivity index (χ4n) is 1.80. The number of hydrogen-bond acceptors (Lipinski definition) is 3. The molecule has 0 atom stereocenters. The Morgan fingerprint density at radius 3 is 2.32 bits per heavy atom. The van der Waals surface area contributed by atoms with Gasteiger partial charge in [-0.1, -0.05) is 23.2 Å². The summed E-state index contributed by atoms with van der Waals surface area (Å²) in [7, 11) is 0. The average molecular weight is 320 g/mol. The first kappa shape index (κ1) is 14.4. The summed E-state index contributed by atoms with van der Waals surface area (Å²) in [6, 6.07) is 1.83. The van der Waals surface area contributed by atoms with Crippen LogP contribution >= 0.6 is 34.8 Å². The maximum atomic E-state index is 6.15. The Balaban J connectivity index is 2.64. The molecule has 4 nitrogen and oxygen atoms in total. The van der Waals surface area contributed by atoms with E-state index in [0.29, 0.717) is 17.1 Å². The molecule has 19 heavy (non-hydrogen) atoms. The lowest BCUT2D eigenvalue weighted by Crippen LogP contribution is -2.22. The zero-order chi connectivity index (χ0) is 14.4. The number of halogens is 3. The Morgan fingerprint density at radius 1 is 1.16 bits per heavy atom. The van der Waals surface area contributed by atoms with Gasteiger partial charge in [0.15, 0.2) is 5.15 Å². The quantitative estimate of drug-likeness (QED) is 0.631. The molecule has 0 amide bonds. The lowest BCUT2D eigenvalue weighted by molar-refractivity contribution is 0.404. The molecule has 0 aliphatic rings. The van der Waals surface area contributed by atoms with Crippen LogP contribution < -0.4 is 5.73 Å². The predicted octanol–water partition coefficient (Wildman–Crippen LogP) is 4.24. The molecule has 7 heteroatoms. The van der Waals surface area contributed by atoms with Crippen molar-refractivity contribution < 1.29 is 0 Å². The van der Waals surface area contributed by atoms with Crippen LogP contribution in [0.4, 0.5) is 5.82 Å². The maximum Gasteiger partial charge on any atom is 0.224 e. The highest BCUT2D eigenvalue weighted by Gasteiger charge is 2.21. The fraction of sp³-hybridized carbons (Fsp3) is 0.333. The van der Waals surface area contributed by atoms with Crippen molar-refractivity contribution in [2.45, 2.75) is 26.3 Å². The topological polar surface area (TPSA) is 56.7 Å². The number of nitrogen functional groups attached to an aromatic ring is 1. The van der Waals surface area contributed by atoms with Crippen molar-refractivity contribution in [2.75, 3.05) is 5.73 Å². The summed E-state index contributed by atoms with van der Waals surface area (Å²) in [5, 5.41) is 0.385. The number of aromatic nitrogens is 3. The smallest absolute Gasteiger partial charge is 0.224 e. The Labute approximate surface area is 126 Å². The zero-order valence-electron chi connectivity index (χ0n) is 10.7. The normalized spacial score (nSPS) is 11.9. The van der Waals surface area contributed by atoms with Gasteiger partial charge in [0.2, 0.25) is 5.28 Å². The van der Waals surface area contributed by atoms with E-state index in [0.717, 1.165) is 0 Å². The molecule has 0 bridgehead atoms. The Morgan fingerprint density at radius 2 is 1.79 bits per heavy atom. The minimum atomic E-state index is -0.143. The van der Waals surface area contributed by atoms with E-state index < -0.39 is 0 Å². The molecule has 2 aromatic heterocycles. The van der Waals surface area contributed by atoms with Gasteiger partial charge in [-0.3, -0.25) is 0 Å². The second-order valence-electron chi connectivity index (χ2n) is 5.10. The van der Waals surface area contributed by atoms with Crippen molar-refractivity contribution >= 4 is 40.6 Å². The third kappa shape index (κ3) is 2.66. The van der Waals surface area contributed by atoms with Crippen LogP contribution in [0.25, 0.3) is 11.3 Å². The monoisotopic (exact) mass is 318 g/mol. The second-order valence-corrected chi connectivity index (χ2v) is 6.18. The molecule has 0 saturated carbocycles. The first-order valence-corrected chi connectivity index (χ1v) is 6.71. The summed E-state index contributed by atoms with van der Waals surface area (Å²) in [4.78, 5) is 7.89. The van der Waals surface area contributed by atoms with E-state index in [1.807, 2.05) is 16.8 Å². The van der Waals surface area contributed by atoms with Gasteiger partial charge in [0.25, 0.3) is 0 Å². The molecular formula is C12H13Cl3N4. The molecule has 0 fully saturated rings. The summed E-state index contributed by atoms with van der Waals surface area (Å²) >= 11 is 17.8. The highest BCUT2D eigenvalue weighted by atomic mass is 35.5. The van der Waals surface area contributed by atoms with Gasteiger partial charge in [0.05, 0.1) is 5.69 Å². The molecule has 102 valence electrons. The van der Waals surface area contributed by atoms with Gasteiger partial charge in [-0.05, 0) is 38.4 Å². The molecule has 0 aromatic carbocycles. The Kier molecular flexibility index (Phi) is 3.69. The maximum absolute atomic E-state index is 6.15. The lowest BCUT2D eigenvalue weighted by Gasteiger charge is -2.23. The molecule has 2 heterocycles. The SMILES string of the molecule is CC(C)(C)n1ccc(-c2nc(Cl)nc(Cl)c2Cl)c1N. The summed E-state index contributed by atoms with van der Waals surface area (Å²) in [6.07, 6.45) is 1.88. The largest absolute Gasteiger partial charge is 0.385 e. The zero-order valence-corrected chi connectivity index (χ0v) is 13.0. The minimum Gasteiger partial charge on any atom is -0.385 e. The Bertz CT molecular complexity index is 629. The molecule has 0 saturated heterocycles. The van der Waals surface area contributed by atoms with Crippen LogP contribution in [0.5, 0.6) is 0 Å². The van der Waals surface area contributed by atoms with Crippen molar-refractivity contribution in [3.8, 4) is 11.3 Å². The van der Waals surface area contributed by atoms with E-state index in [2.05, 4.69) is 30.7 Å². The van der Waals surface area contributed by atoms with Crippen molar-refractivity contribution in [1.82, 2.24) is 14.5 Å². The number of nitrogens with two attached hydrogens (primary N) is 1. The minimum absolute atomic E-state index is 0.0345. The van der Waals surface area contributed by atoms with Crippen molar-refractivity contribution in [1.29, 1.82) is 0 Å². The highest BCUT2D eigenvalue weighted by molar-refractivity contribution is 6.43. The third-order valence-corrected chi connectivity index (χ3v) is 3.58. The number of anilines is 1. The van der Waals surface area contributed by atoms with Gasteiger partial charge >= 0.3 is 0 Å². The van der Waals surface area contributed by atoms with Crippen LogP contribution in [0.2, 0.25) is 15.5 Å². The van der Waals surface area contributed by atoms with E-state index >= 15 is 0 Å². The van der Waals surface area contributed by atoms with Crippen molar-refractivity contribution in [3.63, 3.8) is 0 Å². The summed E-state index contributed by atoms with van der Waals surface area (Å²) in [6.45, 7) is 6.15. The van der Waals surface area contributed by atoms with Crippen molar-refractivity contribution in [3.05, 3.63) is 27.7 Å². The first-order valence-electron chi connectivity index (χ1n) is 5.58. The van der Waals surface area contributed by atoms with Gasteiger partial charge in [0, 0.05) is 17.3 Å².